The van der Waals surface area contributed by atoms with Crippen LogP contribution in [-0.4, -0.2) is 38.8 Å². The predicted molar refractivity (Wildman–Crippen MR) is 75.0 cm³/mol. The number of nitrogens with one attached hydrogen (secondary N) is 1. The Hall–Kier alpha value is -1.59. The van der Waals surface area contributed by atoms with Crippen LogP contribution in [0, 0.1) is 0 Å². The molecule has 19 heavy (non-hydrogen) atoms. The van der Waals surface area contributed by atoms with E-state index in [1.54, 1.807) is 0 Å². The number of ether oxygens (including phenoxy) is 1. The first-order chi connectivity index (χ1) is 9.25. The lowest BCUT2D eigenvalue weighted by molar-refractivity contribution is -0.117. The number of primary amides is 1. The van der Waals surface area contributed by atoms with Gasteiger partial charge in [0.1, 0.15) is 0 Å². The molecular weight excluding hydrogens is 242 g/mol. The van der Waals surface area contributed by atoms with Gasteiger partial charge in [0, 0.05) is 38.3 Å². The molecule has 1 aromatic carbocycles. The van der Waals surface area contributed by atoms with Crippen molar-refractivity contribution in [2.75, 3.05) is 37.7 Å². The highest BCUT2D eigenvalue weighted by atomic mass is 16.5. The molecule has 0 aromatic heterocycles. The average Bonchev–Trinajstić information content (AvgIpc) is 2.45. The molecule has 0 radical (unpaired) electrons. The monoisotopic (exact) mass is 263 g/mol. The number of hydrogen-bond acceptors (Lipinski definition) is 4. The summed E-state index contributed by atoms with van der Waals surface area (Å²) in [5, 5.41) is 3.22. The van der Waals surface area contributed by atoms with Crippen molar-refractivity contribution < 1.29 is 9.53 Å². The Balaban J connectivity index is 1.85. The molecule has 1 aliphatic rings. The van der Waals surface area contributed by atoms with Crippen LogP contribution < -0.4 is 16.0 Å². The topological polar surface area (TPSA) is 67.6 Å². The molecule has 0 aliphatic carbocycles. The zero-order chi connectivity index (χ0) is 13.5. The first-order valence-corrected chi connectivity index (χ1v) is 6.66. The average molecular weight is 263 g/mol. The Bertz CT molecular complexity index is 417. The molecule has 3 N–H and O–H groups in total. The van der Waals surface area contributed by atoms with Gasteiger partial charge in [-0.15, -0.1) is 0 Å². The molecular formula is C14H21N3O2. The van der Waals surface area contributed by atoms with Gasteiger partial charge in [-0.2, -0.15) is 0 Å². The van der Waals surface area contributed by atoms with Crippen LogP contribution in [0.2, 0.25) is 0 Å². The predicted octanol–water partition coefficient (Wildman–Crippen LogP) is 0.488. The van der Waals surface area contributed by atoms with Crippen molar-refractivity contribution in [1.29, 1.82) is 0 Å². The minimum Gasteiger partial charge on any atom is -0.378 e. The molecule has 0 saturated carbocycles. The molecule has 104 valence electrons. The van der Waals surface area contributed by atoms with Gasteiger partial charge in [-0.3, -0.25) is 4.79 Å². The first-order valence-electron chi connectivity index (χ1n) is 6.66. The number of anilines is 1. The van der Waals surface area contributed by atoms with E-state index in [9.17, 15) is 4.79 Å². The van der Waals surface area contributed by atoms with Gasteiger partial charge in [0.15, 0.2) is 0 Å². The third kappa shape index (κ3) is 4.54. The summed E-state index contributed by atoms with van der Waals surface area (Å²) in [6.07, 6.45) is 0.378. The standard InChI is InChI=1S/C14H21N3O2/c15-14(18)4-5-16-11-12-2-1-3-13(10-12)17-6-8-19-9-7-17/h1-3,10,16H,4-9,11H2,(H2,15,18). The molecule has 0 unspecified atom stereocenters. The quantitative estimate of drug-likeness (QED) is 0.733. The number of benzene rings is 1. The van der Waals surface area contributed by atoms with Gasteiger partial charge in [-0.25, -0.2) is 0 Å². The number of carbonyl (C=O) groups excluding carboxylic acids is 1. The summed E-state index contributed by atoms with van der Waals surface area (Å²) < 4.78 is 5.36. The Labute approximate surface area is 113 Å². The van der Waals surface area contributed by atoms with E-state index in [4.69, 9.17) is 10.5 Å². The van der Waals surface area contributed by atoms with Crippen LogP contribution in [0.5, 0.6) is 0 Å². The van der Waals surface area contributed by atoms with Crippen molar-refractivity contribution in [2.45, 2.75) is 13.0 Å². The maximum atomic E-state index is 10.6. The zero-order valence-electron chi connectivity index (χ0n) is 11.1. The van der Waals surface area contributed by atoms with E-state index in [-0.39, 0.29) is 5.91 Å². The summed E-state index contributed by atoms with van der Waals surface area (Å²) in [5.41, 5.74) is 7.55. The lowest BCUT2D eigenvalue weighted by Crippen LogP contribution is -2.36. The molecule has 1 saturated heterocycles. The molecule has 2 rings (SSSR count). The first kappa shape index (κ1) is 13.8. The van der Waals surface area contributed by atoms with E-state index < -0.39 is 0 Å². The highest BCUT2D eigenvalue weighted by Crippen LogP contribution is 2.17. The third-order valence-electron chi connectivity index (χ3n) is 3.16. The number of hydrogen-bond donors (Lipinski definition) is 2. The van der Waals surface area contributed by atoms with Crippen molar-refractivity contribution in [3.8, 4) is 0 Å². The third-order valence-corrected chi connectivity index (χ3v) is 3.16. The molecule has 0 spiro atoms. The van der Waals surface area contributed by atoms with Gasteiger partial charge in [-0.1, -0.05) is 12.1 Å². The van der Waals surface area contributed by atoms with Gasteiger partial charge in [0.05, 0.1) is 13.2 Å². The highest BCUT2D eigenvalue weighted by Gasteiger charge is 2.11. The van der Waals surface area contributed by atoms with Crippen molar-refractivity contribution >= 4 is 11.6 Å². The zero-order valence-corrected chi connectivity index (χ0v) is 11.1. The fourth-order valence-corrected chi connectivity index (χ4v) is 2.13. The van der Waals surface area contributed by atoms with Gasteiger partial charge in [0.25, 0.3) is 0 Å². The molecule has 1 aliphatic heterocycles. The smallest absolute Gasteiger partial charge is 0.218 e. The molecule has 5 heteroatoms. The summed E-state index contributed by atoms with van der Waals surface area (Å²) in [4.78, 5) is 13.0. The summed E-state index contributed by atoms with van der Waals surface area (Å²) in [5.74, 6) is -0.269. The number of amides is 1. The Kier molecular flexibility index (Phi) is 5.18. The van der Waals surface area contributed by atoms with E-state index in [1.165, 1.54) is 11.3 Å². The minimum atomic E-state index is -0.269. The molecule has 0 bridgehead atoms. The second kappa shape index (κ2) is 7.11. The number of carbonyl (C=O) groups is 1. The number of morpholine rings is 1. The summed E-state index contributed by atoms with van der Waals surface area (Å²) in [7, 11) is 0. The SMILES string of the molecule is NC(=O)CCNCc1cccc(N2CCOCC2)c1. The Morgan fingerprint density at radius 1 is 1.37 bits per heavy atom. The van der Waals surface area contributed by atoms with Gasteiger partial charge in [0.2, 0.25) is 5.91 Å². The van der Waals surface area contributed by atoms with Gasteiger partial charge < -0.3 is 20.7 Å². The van der Waals surface area contributed by atoms with Crippen LogP contribution in [0.4, 0.5) is 5.69 Å². The molecule has 5 nitrogen and oxygen atoms in total. The highest BCUT2D eigenvalue weighted by molar-refractivity contribution is 5.73. The molecule has 1 fully saturated rings. The van der Waals surface area contributed by atoms with Crippen LogP contribution in [-0.2, 0) is 16.1 Å². The van der Waals surface area contributed by atoms with Crippen LogP contribution in [0.1, 0.15) is 12.0 Å². The molecule has 1 amide bonds. The second-order valence-corrected chi connectivity index (χ2v) is 4.66. The van der Waals surface area contributed by atoms with Crippen LogP contribution in [0.25, 0.3) is 0 Å². The van der Waals surface area contributed by atoms with E-state index in [2.05, 4.69) is 34.5 Å². The normalized spacial score (nSPS) is 15.5. The van der Waals surface area contributed by atoms with Crippen molar-refractivity contribution in [1.82, 2.24) is 5.32 Å². The fraction of sp³-hybridized carbons (Fsp3) is 0.500. The second-order valence-electron chi connectivity index (χ2n) is 4.66. The maximum absolute atomic E-state index is 10.6. The lowest BCUT2D eigenvalue weighted by Gasteiger charge is -2.29. The van der Waals surface area contributed by atoms with Gasteiger partial charge in [-0.05, 0) is 17.7 Å². The largest absolute Gasteiger partial charge is 0.378 e. The summed E-state index contributed by atoms with van der Waals surface area (Å²) in [6.45, 7) is 4.85. The Morgan fingerprint density at radius 3 is 2.89 bits per heavy atom. The van der Waals surface area contributed by atoms with Crippen molar-refractivity contribution in [2.24, 2.45) is 5.73 Å². The summed E-state index contributed by atoms with van der Waals surface area (Å²) in [6, 6.07) is 8.46. The lowest BCUT2D eigenvalue weighted by atomic mass is 10.1. The van der Waals surface area contributed by atoms with Crippen LogP contribution in [0.15, 0.2) is 24.3 Å². The van der Waals surface area contributed by atoms with E-state index in [1.807, 2.05) is 0 Å². The van der Waals surface area contributed by atoms with E-state index >= 15 is 0 Å². The minimum absolute atomic E-state index is 0.269. The molecule has 1 aromatic rings. The van der Waals surface area contributed by atoms with Crippen LogP contribution >= 0.6 is 0 Å². The molecule has 1 heterocycles. The molecule has 0 atom stereocenters. The van der Waals surface area contributed by atoms with E-state index in [0.29, 0.717) is 13.0 Å². The number of rotatable bonds is 6. The number of nitrogens with two attached hydrogens (primary N) is 1. The van der Waals surface area contributed by atoms with Gasteiger partial charge >= 0.3 is 0 Å². The van der Waals surface area contributed by atoms with E-state index in [0.717, 1.165) is 32.8 Å². The fourth-order valence-electron chi connectivity index (χ4n) is 2.13. The summed E-state index contributed by atoms with van der Waals surface area (Å²) >= 11 is 0. The Morgan fingerprint density at radius 2 is 2.16 bits per heavy atom. The van der Waals surface area contributed by atoms with Crippen molar-refractivity contribution in [3.63, 3.8) is 0 Å². The van der Waals surface area contributed by atoms with Crippen molar-refractivity contribution in [3.05, 3.63) is 29.8 Å². The maximum Gasteiger partial charge on any atom is 0.218 e. The van der Waals surface area contributed by atoms with Crippen LogP contribution in [0.3, 0.4) is 0 Å². The number of nitrogens with zero attached hydrogens (tertiary/aromatic N) is 1.